The van der Waals surface area contributed by atoms with Crippen LogP contribution in [0.1, 0.15) is 278 Å². The second-order valence-electron chi connectivity index (χ2n) is 20.2. The Morgan fingerprint density at radius 2 is 0.520 bits per heavy atom. The van der Waals surface area contributed by atoms with Crippen LogP contribution in [0, 0.1) is 0 Å². The van der Waals surface area contributed by atoms with E-state index in [2.05, 4.69) is 142 Å². The Bertz CT molecular complexity index is 1570. The van der Waals surface area contributed by atoms with Gasteiger partial charge in [-0.1, -0.05) is 271 Å². The van der Waals surface area contributed by atoms with Gasteiger partial charge in [-0.15, -0.1) is 0 Å². The third-order valence-electron chi connectivity index (χ3n) is 13.0. The molecule has 0 fully saturated rings. The van der Waals surface area contributed by atoms with Crippen molar-refractivity contribution in [2.45, 2.75) is 284 Å². The molecule has 0 amide bonds. The van der Waals surface area contributed by atoms with Crippen molar-refractivity contribution >= 4 is 17.9 Å². The summed E-state index contributed by atoms with van der Waals surface area (Å²) >= 11 is 0. The van der Waals surface area contributed by atoms with Crippen LogP contribution in [0.4, 0.5) is 0 Å². The van der Waals surface area contributed by atoms with Crippen LogP contribution in [0.5, 0.6) is 0 Å². The lowest BCUT2D eigenvalue weighted by molar-refractivity contribution is -0.167. The van der Waals surface area contributed by atoms with Crippen LogP contribution in [0.25, 0.3) is 0 Å². The summed E-state index contributed by atoms with van der Waals surface area (Å²) < 4.78 is 16.9. The first-order valence-electron chi connectivity index (χ1n) is 31.0. The van der Waals surface area contributed by atoms with E-state index in [1.54, 1.807) is 0 Å². The van der Waals surface area contributed by atoms with E-state index in [1.807, 2.05) is 0 Å². The minimum atomic E-state index is -0.796. The van der Waals surface area contributed by atoms with E-state index in [1.165, 1.54) is 89.9 Å². The first kappa shape index (κ1) is 70.8. The highest BCUT2D eigenvalue weighted by Crippen LogP contribution is 2.15. The summed E-state index contributed by atoms with van der Waals surface area (Å²) in [6, 6.07) is 0. The third kappa shape index (κ3) is 60.6. The number of ether oxygens (including phenoxy) is 3. The van der Waals surface area contributed by atoms with Gasteiger partial charge in [-0.25, -0.2) is 0 Å². The molecule has 1 atom stereocenters. The highest BCUT2D eigenvalue weighted by molar-refractivity contribution is 5.71. The molecule has 0 bridgehead atoms. The van der Waals surface area contributed by atoms with Crippen molar-refractivity contribution in [3.63, 3.8) is 0 Å². The molecule has 0 spiro atoms. The molecule has 426 valence electrons. The lowest BCUT2D eigenvalue weighted by atomic mass is 10.0. The summed E-state index contributed by atoms with van der Waals surface area (Å²) in [5, 5.41) is 0. The zero-order valence-electron chi connectivity index (χ0n) is 48.8. The smallest absolute Gasteiger partial charge is 0.306 e. The Morgan fingerprint density at radius 1 is 0.280 bits per heavy atom. The van der Waals surface area contributed by atoms with E-state index >= 15 is 0 Å². The number of hydrogen-bond donors (Lipinski definition) is 0. The lowest BCUT2D eigenvalue weighted by Gasteiger charge is -2.18. The normalized spacial score (nSPS) is 12.9. The van der Waals surface area contributed by atoms with E-state index in [-0.39, 0.29) is 31.1 Å². The van der Waals surface area contributed by atoms with E-state index in [4.69, 9.17) is 14.2 Å². The zero-order chi connectivity index (χ0) is 54.3. The van der Waals surface area contributed by atoms with Crippen molar-refractivity contribution in [2.24, 2.45) is 0 Å². The molecule has 0 saturated heterocycles. The van der Waals surface area contributed by atoms with E-state index in [9.17, 15) is 14.4 Å². The van der Waals surface area contributed by atoms with Crippen LogP contribution in [0.15, 0.2) is 122 Å². The van der Waals surface area contributed by atoms with E-state index in [0.29, 0.717) is 19.3 Å². The largest absolute Gasteiger partial charge is 0.462 e. The predicted molar refractivity (Wildman–Crippen MR) is 325 cm³/mol. The molecule has 0 radical (unpaired) electrons. The quantitative estimate of drug-likeness (QED) is 0.0261. The number of allylic oxidation sites excluding steroid dienone is 20. The maximum Gasteiger partial charge on any atom is 0.306 e. The first-order valence-corrected chi connectivity index (χ1v) is 31.0. The van der Waals surface area contributed by atoms with Crippen molar-refractivity contribution in [3.05, 3.63) is 122 Å². The second-order valence-corrected chi connectivity index (χ2v) is 20.2. The first-order chi connectivity index (χ1) is 37.0. The number of carbonyl (C=O) groups excluding carboxylic acids is 3. The number of rotatable bonds is 55. The van der Waals surface area contributed by atoms with Crippen LogP contribution in [-0.2, 0) is 28.6 Å². The predicted octanol–water partition coefficient (Wildman–Crippen LogP) is 21.2. The molecule has 6 nitrogen and oxygen atoms in total. The molecule has 0 aliphatic heterocycles. The molecule has 0 saturated carbocycles. The molecule has 1 unspecified atom stereocenters. The van der Waals surface area contributed by atoms with Crippen molar-refractivity contribution in [3.8, 4) is 0 Å². The summed E-state index contributed by atoms with van der Waals surface area (Å²) in [4.78, 5) is 38.3. The molecule has 0 aromatic heterocycles. The van der Waals surface area contributed by atoms with Gasteiger partial charge in [0.2, 0.25) is 0 Å². The number of carbonyl (C=O) groups is 3. The summed E-state index contributed by atoms with van der Waals surface area (Å²) in [5.41, 5.74) is 0. The van der Waals surface area contributed by atoms with Crippen LogP contribution in [0.2, 0.25) is 0 Å². The van der Waals surface area contributed by atoms with Crippen molar-refractivity contribution in [1.29, 1.82) is 0 Å². The molecule has 6 heteroatoms. The molecule has 0 N–H and O–H groups in total. The molecule has 0 aromatic rings. The molecular weight excluding hydrogens is 925 g/mol. The highest BCUT2D eigenvalue weighted by Gasteiger charge is 2.19. The summed E-state index contributed by atoms with van der Waals surface area (Å²) in [6.45, 7) is 6.40. The average Bonchev–Trinajstić information content (AvgIpc) is 3.41. The average molecular weight is 1040 g/mol. The monoisotopic (exact) mass is 1040 g/mol. The Labute approximate surface area is 462 Å². The minimum Gasteiger partial charge on any atom is -0.462 e. The summed E-state index contributed by atoms with van der Waals surface area (Å²) in [6.07, 6.45) is 86.2. The van der Waals surface area contributed by atoms with Gasteiger partial charge >= 0.3 is 17.9 Å². The Hall–Kier alpha value is -4.19. The van der Waals surface area contributed by atoms with Gasteiger partial charge in [0.15, 0.2) is 6.10 Å². The van der Waals surface area contributed by atoms with Gasteiger partial charge in [0.05, 0.1) is 0 Å². The maximum absolute atomic E-state index is 12.9. The van der Waals surface area contributed by atoms with Crippen molar-refractivity contribution in [2.75, 3.05) is 13.2 Å². The van der Waals surface area contributed by atoms with Gasteiger partial charge in [-0.3, -0.25) is 14.4 Å². The Kier molecular flexibility index (Phi) is 58.9. The van der Waals surface area contributed by atoms with Crippen molar-refractivity contribution < 1.29 is 28.6 Å². The molecule has 0 rings (SSSR count). The number of esters is 3. The van der Waals surface area contributed by atoms with Gasteiger partial charge in [0.25, 0.3) is 0 Å². The Morgan fingerprint density at radius 3 is 0.813 bits per heavy atom. The standard InChI is InChI=1S/C69H114O6/c1-4-7-10-13-16-19-22-25-27-29-31-33-34-36-37-39-41-44-47-50-53-56-59-62-68(71)74-65-66(64-73-67(70)61-58-55-52-49-46-43-24-21-18-15-12-9-6-3)75-69(72)63-60-57-54-51-48-45-42-40-38-35-32-30-28-26-23-20-17-14-11-8-5-2/h7-8,10-11,16-17,19-20,25-28,31-33,35-37,40,42,66H,4-6,9,12-15,18,21-24,29-30,34,38-39,41,43-65H2,1-3H3/b10-7-,11-8-,19-16-,20-17-,27-25-,28-26-,33-31-,35-32-,37-36-,42-40-. The topological polar surface area (TPSA) is 78.9 Å². The van der Waals surface area contributed by atoms with Gasteiger partial charge in [-0.2, -0.15) is 0 Å². The second kappa shape index (κ2) is 62.4. The number of unbranched alkanes of at least 4 members (excludes halogenated alkanes) is 24. The molecule has 75 heavy (non-hydrogen) atoms. The van der Waals surface area contributed by atoms with Crippen LogP contribution in [0.3, 0.4) is 0 Å². The van der Waals surface area contributed by atoms with Gasteiger partial charge in [0, 0.05) is 19.3 Å². The van der Waals surface area contributed by atoms with Gasteiger partial charge < -0.3 is 14.2 Å². The van der Waals surface area contributed by atoms with Gasteiger partial charge in [0.1, 0.15) is 13.2 Å². The SMILES string of the molecule is CC/C=C\C/C=C\C/C=C\C/C=C\C/C=C\CCCCCCCCCC(=O)OCC(COC(=O)CCCCCCCCCCCCCCC)OC(=O)CCCCCCC/C=C\C/C=C\C/C=C\C/C=C\C/C=C\CC. The summed E-state index contributed by atoms with van der Waals surface area (Å²) in [7, 11) is 0. The molecule has 0 heterocycles. The van der Waals surface area contributed by atoms with Crippen LogP contribution in [-0.4, -0.2) is 37.2 Å². The van der Waals surface area contributed by atoms with Crippen LogP contribution < -0.4 is 0 Å². The minimum absolute atomic E-state index is 0.0901. The molecular formula is C69H114O6. The summed E-state index contributed by atoms with van der Waals surface area (Å²) in [5.74, 6) is -0.916. The van der Waals surface area contributed by atoms with Crippen molar-refractivity contribution in [1.82, 2.24) is 0 Å². The van der Waals surface area contributed by atoms with Crippen LogP contribution >= 0.6 is 0 Å². The zero-order valence-corrected chi connectivity index (χ0v) is 48.8. The third-order valence-corrected chi connectivity index (χ3v) is 13.0. The molecule has 0 aliphatic rings. The Balaban J connectivity index is 4.42. The fraction of sp³-hybridized carbons (Fsp3) is 0.667. The van der Waals surface area contributed by atoms with E-state index < -0.39 is 6.10 Å². The fourth-order valence-corrected chi connectivity index (χ4v) is 8.38. The molecule has 0 aliphatic carbocycles. The highest BCUT2D eigenvalue weighted by atomic mass is 16.6. The fourth-order valence-electron chi connectivity index (χ4n) is 8.38. The number of hydrogen-bond acceptors (Lipinski definition) is 6. The lowest BCUT2D eigenvalue weighted by Crippen LogP contribution is -2.30. The molecule has 0 aromatic carbocycles. The maximum atomic E-state index is 12.9. The van der Waals surface area contributed by atoms with Gasteiger partial charge in [-0.05, 0) is 109 Å². The van der Waals surface area contributed by atoms with E-state index in [0.717, 1.165) is 148 Å².